The number of rotatable bonds is 2. The molecule has 0 radical (unpaired) electrons. The van der Waals surface area contributed by atoms with Crippen LogP contribution >= 0.6 is 22.9 Å². The van der Waals surface area contributed by atoms with Gasteiger partial charge >= 0.3 is 0 Å². The van der Waals surface area contributed by atoms with E-state index in [1.54, 1.807) is 6.07 Å². The van der Waals surface area contributed by atoms with E-state index in [0.29, 0.717) is 10.6 Å². The number of carbonyl (C=O) groups is 1. The molecule has 0 fully saturated rings. The second kappa shape index (κ2) is 4.75. The lowest BCUT2D eigenvalue weighted by Crippen LogP contribution is -2.30. The average molecular weight is 278 g/mol. The summed E-state index contributed by atoms with van der Waals surface area (Å²) in [6, 6.07) is 7.67. The predicted molar refractivity (Wildman–Crippen MR) is 75.9 cm³/mol. The van der Waals surface area contributed by atoms with Gasteiger partial charge in [0, 0.05) is 34.2 Å². The number of aldehydes is 1. The van der Waals surface area contributed by atoms with Crippen LogP contribution < -0.4 is 4.90 Å². The molecule has 0 aliphatic carbocycles. The highest BCUT2D eigenvalue weighted by atomic mass is 35.5. The minimum Gasteiger partial charge on any atom is -0.366 e. The third kappa shape index (κ3) is 2.04. The number of carbonyl (C=O) groups excluding carboxylic acids is 1. The largest absolute Gasteiger partial charge is 0.366 e. The molecule has 2 nitrogen and oxygen atoms in total. The van der Waals surface area contributed by atoms with Gasteiger partial charge in [-0.2, -0.15) is 0 Å². The number of benzene rings is 1. The minimum atomic E-state index is 0.606. The predicted octanol–water partition coefficient (Wildman–Crippen LogP) is 3.78. The van der Waals surface area contributed by atoms with E-state index >= 15 is 0 Å². The first-order chi connectivity index (χ1) is 8.78. The number of fused-ring (bicyclic) bond motifs is 1. The number of thiophene rings is 1. The van der Waals surface area contributed by atoms with E-state index in [9.17, 15) is 4.79 Å². The van der Waals surface area contributed by atoms with Crippen LogP contribution in [0.3, 0.4) is 0 Å². The van der Waals surface area contributed by atoms with Crippen molar-refractivity contribution in [3.05, 3.63) is 50.7 Å². The standard InChI is InChI=1S/C14H12ClNOS/c15-12-1-2-13(11(7-12)9-17)16-5-3-14-10(8-16)4-6-18-14/h1-2,4,6-7,9H,3,5,8H2. The Morgan fingerprint density at radius 2 is 2.22 bits per heavy atom. The van der Waals surface area contributed by atoms with Crippen LogP contribution in [0.5, 0.6) is 0 Å². The highest BCUT2D eigenvalue weighted by Gasteiger charge is 2.19. The van der Waals surface area contributed by atoms with Gasteiger partial charge in [-0.05, 0) is 41.6 Å². The summed E-state index contributed by atoms with van der Waals surface area (Å²) in [4.78, 5) is 14.8. The molecule has 0 unspecified atom stereocenters. The fourth-order valence-electron chi connectivity index (χ4n) is 2.36. The van der Waals surface area contributed by atoms with Gasteiger partial charge in [0.15, 0.2) is 6.29 Å². The number of halogens is 1. The molecule has 0 spiro atoms. The lowest BCUT2D eigenvalue weighted by atomic mass is 10.1. The zero-order valence-electron chi connectivity index (χ0n) is 9.73. The first kappa shape index (κ1) is 11.8. The fourth-order valence-corrected chi connectivity index (χ4v) is 3.43. The van der Waals surface area contributed by atoms with Gasteiger partial charge in [0.25, 0.3) is 0 Å². The SMILES string of the molecule is O=Cc1cc(Cl)ccc1N1CCc2sccc2C1. The van der Waals surface area contributed by atoms with E-state index in [-0.39, 0.29) is 0 Å². The van der Waals surface area contributed by atoms with Crippen LogP contribution in [-0.2, 0) is 13.0 Å². The molecule has 2 heterocycles. The number of nitrogens with zero attached hydrogens (tertiary/aromatic N) is 1. The highest BCUT2D eigenvalue weighted by molar-refractivity contribution is 7.10. The van der Waals surface area contributed by atoms with Gasteiger partial charge in [0.1, 0.15) is 0 Å². The molecule has 1 aliphatic heterocycles. The zero-order chi connectivity index (χ0) is 12.5. The molecule has 0 amide bonds. The van der Waals surface area contributed by atoms with E-state index in [2.05, 4.69) is 16.3 Å². The Bertz CT molecular complexity index is 593. The Kier molecular flexibility index (Phi) is 3.10. The maximum absolute atomic E-state index is 11.1. The third-order valence-electron chi connectivity index (χ3n) is 3.26. The van der Waals surface area contributed by atoms with Crippen molar-refractivity contribution in [2.24, 2.45) is 0 Å². The van der Waals surface area contributed by atoms with Gasteiger partial charge in [0.2, 0.25) is 0 Å². The molecular weight excluding hydrogens is 266 g/mol. The van der Waals surface area contributed by atoms with E-state index in [1.807, 2.05) is 23.5 Å². The van der Waals surface area contributed by atoms with Crippen LogP contribution in [0.1, 0.15) is 20.8 Å². The zero-order valence-corrected chi connectivity index (χ0v) is 11.3. The Balaban J connectivity index is 1.95. The minimum absolute atomic E-state index is 0.606. The number of hydrogen-bond donors (Lipinski definition) is 0. The molecule has 1 aromatic heterocycles. The summed E-state index contributed by atoms with van der Waals surface area (Å²) in [6.07, 6.45) is 1.93. The summed E-state index contributed by atoms with van der Waals surface area (Å²) in [7, 11) is 0. The van der Waals surface area contributed by atoms with Crippen LogP contribution in [0.15, 0.2) is 29.6 Å². The molecule has 92 valence electrons. The summed E-state index contributed by atoms with van der Waals surface area (Å²) in [5.41, 5.74) is 3.02. The molecule has 0 saturated carbocycles. The topological polar surface area (TPSA) is 20.3 Å². The molecule has 0 saturated heterocycles. The second-order valence-electron chi connectivity index (χ2n) is 4.36. The molecule has 4 heteroatoms. The summed E-state index contributed by atoms with van der Waals surface area (Å²) in [5, 5.41) is 2.74. The van der Waals surface area contributed by atoms with Gasteiger partial charge in [0.05, 0.1) is 0 Å². The first-order valence-electron chi connectivity index (χ1n) is 5.83. The molecule has 1 aliphatic rings. The van der Waals surface area contributed by atoms with Crippen LogP contribution in [0.25, 0.3) is 0 Å². The summed E-state index contributed by atoms with van der Waals surface area (Å²) >= 11 is 7.74. The smallest absolute Gasteiger partial charge is 0.152 e. The molecule has 3 rings (SSSR count). The van der Waals surface area contributed by atoms with Gasteiger partial charge < -0.3 is 4.90 Å². The van der Waals surface area contributed by atoms with Crippen molar-refractivity contribution in [2.75, 3.05) is 11.4 Å². The first-order valence-corrected chi connectivity index (χ1v) is 7.08. The van der Waals surface area contributed by atoms with Crippen molar-refractivity contribution in [1.29, 1.82) is 0 Å². The van der Waals surface area contributed by atoms with Crippen molar-refractivity contribution in [1.82, 2.24) is 0 Å². The van der Waals surface area contributed by atoms with Crippen molar-refractivity contribution < 1.29 is 4.79 Å². The second-order valence-corrected chi connectivity index (χ2v) is 5.80. The van der Waals surface area contributed by atoms with Crippen molar-refractivity contribution >= 4 is 34.9 Å². The van der Waals surface area contributed by atoms with Crippen LogP contribution in [0, 0.1) is 0 Å². The average Bonchev–Trinajstić information content (AvgIpc) is 2.85. The van der Waals surface area contributed by atoms with Crippen LogP contribution in [0.4, 0.5) is 5.69 Å². The lowest BCUT2D eigenvalue weighted by molar-refractivity contribution is 0.112. The van der Waals surface area contributed by atoms with Crippen LogP contribution in [-0.4, -0.2) is 12.8 Å². The van der Waals surface area contributed by atoms with Gasteiger partial charge in [-0.3, -0.25) is 4.79 Å². The quantitative estimate of drug-likeness (QED) is 0.779. The summed E-state index contributed by atoms with van der Waals surface area (Å²) < 4.78 is 0. The molecular formula is C14H12ClNOS. The molecule has 0 N–H and O–H groups in total. The third-order valence-corrected chi connectivity index (χ3v) is 4.52. The highest BCUT2D eigenvalue weighted by Crippen LogP contribution is 2.30. The Morgan fingerprint density at radius 3 is 3.06 bits per heavy atom. The van der Waals surface area contributed by atoms with Gasteiger partial charge in [-0.1, -0.05) is 11.6 Å². The Labute approximate surface area is 115 Å². The van der Waals surface area contributed by atoms with Crippen molar-refractivity contribution in [3.63, 3.8) is 0 Å². The van der Waals surface area contributed by atoms with E-state index in [1.165, 1.54) is 10.4 Å². The van der Waals surface area contributed by atoms with Gasteiger partial charge in [-0.25, -0.2) is 0 Å². The maximum Gasteiger partial charge on any atom is 0.152 e. The van der Waals surface area contributed by atoms with Crippen molar-refractivity contribution in [2.45, 2.75) is 13.0 Å². The van der Waals surface area contributed by atoms with Crippen molar-refractivity contribution in [3.8, 4) is 0 Å². The molecule has 2 aromatic rings. The van der Waals surface area contributed by atoms with E-state index in [0.717, 1.165) is 31.5 Å². The molecule has 18 heavy (non-hydrogen) atoms. The molecule has 1 aromatic carbocycles. The van der Waals surface area contributed by atoms with E-state index < -0.39 is 0 Å². The number of anilines is 1. The van der Waals surface area contributed by atoms with E-state index in [4.69, 9.17) is 11.6 Å². The van der Waals surface area contributed by atoms with Crippen LogP contribution in [0.2, 0.25) is 5.02 Å². The van der Waals surface area contributed by atoms with Gasteiger partial charge in [-0.15, -0.1) is 11.3 Å². The fraction of sp³-hybridized carbons (Fsp3) is 0.214. The lowest BCUT2D eigenvalue weighted by Gasteiger charge is -2.30. The number of hydrogen-bond acceptors (Lipinski definition) is 3. The Morgan fingerprint density at radius 1 is 1.33 bits per heavy atom. The summed E-state index contributed by atoms with van der Waals surface area (Å²) in [6.45, 7) is 1.83. The maximum atomic E-state index is 11.1. The monoisotopic (exact) mass is 277 g/mol. The molecule has 0 bridgehead atoms. The normalized spacial score (nSPS) is 14.4. The summed E-state index contributed by atoms with van der Waals surface area (Å²) in [5.74, 6) is 0. The molecule has 0 atom stereocenters. The Hall–Kier alpha value is -1.32.